The smallest absolute Gasteiger partial charge is 0.0566 e. The molecule has 2 N–H and O–H groups in total. The van der Waals surface area contributed by atoms with Gasteiger partial charge in [0.1, 0.15) is 0 Å². The maximum atomic E-state index is 8.47. The third-order valence-corrected chi connectivity index (χ3v) is 19.9. The summed E-state index contributed by atoms with van der Waals surface area (Å²) in [6, 6.07) is 59.1. The first-order chi connectivity index (χ1) is 39.3. The summed E-state index contributed by atoms with van der Waals surface area (Å²) in [5.74, 6) is 0.886. The Labute approximate surface area is 474 Å². The van der Waals surface area contributed by atoms with E-state index in [-0.39, 0.29) is 28.5 Å². The van der Waals surface area contributed by atoms with Crippen LogP contribution in [0.1, 0.15) is 91.2 Å². The summed E-state index contributed by atoms with van der Waals surface area (Å²) < 4.78 is 0. The summed E-state index contributed by atoms with van der Waals surface area (Å²) in [5.41, 5.74) is 19.6. The van der Waals surface area contributed by atoms with Gasteiger partial charge in [0.25, 0.3) is 0 Å². The number of nitrogens with one attached hydrogen (secondary N) is 2. The lowest BCUT2D eigenvalue weighted by Crippen LogP contribution is -2.32. The molecule has 1 aliphatic heterocycles. The van der Waals surface area contributed by atoms with Gasteiger partial charge < -0.3 is 20.6 Å². The third kappa shape index (κ3) is 7.95. The molecule has 5 heteroatoms. The first-order valence-electron chi connectivity index (χ1n) is 28.7. The number of hydrogen-bond acceptors (Lipinski definition) is 5. The molecule has 15 rings (SSSR count). The van der Waals surface area contributed by atoms with Crippen LogP contribution in [0.5, 0.6) is 0 Å². The minimum atomic E-state index is -0.246. The highest BCUT2D eigenvalue weighted by Gasteiger charge is 2.51. The van der Waals surface area contributed by atoms with Gasteiger partial charge in [-0.15, -0.1) is 11.8 Å². The van der Waals surface area contributed by atoms with Gasteiger partial charge in [-0.1, -0.05) is 196 Å². The highest BCUT2D eigenvalue weighted by atomic mass is 32.2. The Bertz CT molecular complexity index is 4260. The van der Waals surface area contributed by atoms with E-state index in [4.69, 9.17) is 10.8 Å². The molecule has 0 spiro atoms. The van der Waals surface area contributed by atoms with Crippen molar-refractivity contribution in [3.8, 4) is 0 Å². The number of nitrogens with zero attached hydrogens (tertiary/aromatic N) is 2. The van der Waals surface area contributed by atoms with Gasteiger partial charge in [0.15, 0.2) is 0 Å². The number of allylic oxidation sites excluding steroid dienone is 14. The molecule has 0 aromatic heterocycles. The van der Waals surface area contributed by atoms with E-state index in [1.165, 1.54) is 118 Å². The molecule has 8 aromatic rings. The summed E-state index contributed by atoms with van der Waals surface area (Å²) in [5, 5.41) is 24.6. The van der Waals surface area contributed by atoms with Crippen molar-refractivity contribution in [2.24, 2.45) is 5.92 Å². The Hall–Kier alpha value is -8.51. The summed E-state index contributed by atoms with van der Waals surface area (Å²) >= 11 is 2.08. The maximum absolute atomic E-state index is 8.47. The van der Waals surface area contributed by atoms with E-state index in [1.807, 2.05) is 6.07 Å². The molecule has 388 valence electrons. The third-order valence-electron chi connectivity index (χ3n) is 18.4. The molecule has 0 saturated carbocycles. The van der Waals surface area contributed by atoms with Crippen LogP contribution in [0.2, 0.25) is 0 Å². The predicted octanol–water partition coefficient (Wildman–Crippen LogP) is 19.2. The SMILES string of the molecule is CC1(C)C2=C(C(N(C3=CC=CC(c4ccc5ccccc5c4)C3)c3cccc(C=N)c3)=CC3c4c(c5ccc(N(c6cccc(C7=CCC8CCC=CC8=C7)c6)C6C=C(C=N)C=CC6)cc5c5ccccc45)SC23)c2ccccc21. The molecule has 80 heavy (non-hydrogen) atoms. The number of hydrogen-bond donors (Lipinski definition) is 2. The molecular weight excluding hydrogens is 989 g/mol. The maximum Gasteiger partial charge on any atom is 0.0566 e. The molecule has 8 aromatic carbocycles. The zero-order valence-corrected chi connectivity index (χ0v) is 46.1. The van der Waals surface area contributed by atoms with Crippen LogP contribution in [-0.4, -0.2) is 23.7 Å². The molecule has 0 saturated heterocycles. The van der Waals surface area contributed by atoms with Crippen LogP contribution in [0.25, 0.3) is 43.5 Å². The summed E-state index contributed by atoms with van der Waals surface area (Å²) in [7, 11) is 0. The molecule has 0 radical (unpaired) electrons. The van der Waals surface area contributed by atoms with Gasteiger partial charge in [0.05, 0.1) is 11.7 Å². The predicted molar refractivity (Wildman–Crippen MR) is 339 cm³/mol. The van der Waals surface area contributed by atoms with E-state index in [0.717, 1.165) is 53.9 Å². The van der Waals surface area contributed by atoms with Crippen molar-refractivity contribution in [1.82, 2.24) is 0 Å². The normalized spacial score (nSPS) is 22.1. The van der Waals surface area contributed by atoms with Gasteiger partial charge in [-0.05, 0) is 168 Å². The minimum absolute atomic E-state index is 0.0204. The van der Waals surface area contributed by atoms with Gasteiger partial charge in [0, 0.05) is 68.2 Å². The first-order valence-corrected chi connectivity index (χ1v) is 29.5. The zero-order valence-electron chi connectivity index (χ0n) is 45.2. The van der Waals surface area contributed by atoms with Crippen molar-refractivity contribution >= 4 is 84.7 Å². The van der Waals surface area contributed by atoms with E-state index in [0.29, 0.717) is 5.92 Å². The van der Waals surface area contributed by atoms with Crippen LogP contribution < -0.4 is 9.80 Å². The van der Waals surface area contributed by atoms with Crippen LogP contribution in [0.3, 0.4) is 0 Å². The zero-order chi connectivity index (χ0) is 53.6. The van der Waals surface area contributed by atoms with Crippen molar-refractivity contribution in [2.75, 3.05) is 9.80 Å². The highest BCUT2D eigenvalue weighted by molar-refractivity contribution is 8.00. The number of benzene rings is 8. The second-order valence-electron chi connectivity index (χ2n) is 23.3. The Morgan fingerprint density at radius 3 is 2.40 bits per heavy atom. The van der Waals surface area contributed by atoms with E-state index in [9.17, 15) is 0 Å². The molecule has 0 amide bonds. The van der Waals surface area contributed by atoms with Gasteiger partial charge in [-0.3, -0.25) is 0 Å². The fourth-order valence-corrected chi connectivity index (χ4v) is 16.4. The minimum Gasteiger partial charge on any atom is -0.334 e. The molecule has 0 bridgehead atoms. The lowest BCUT2D eigenvalue weighted by molar-refractivity contribution is 0.567. The standard InChI is InChI=1S/C75H62N4S/c1-75(2)68-30-10-9-29-65(68)71-69(79(58-24-12-16-48(38-58)46-77)60-26-14-22-54(42-60)56-34-32-50-18-4-6-20-52(50)40-56)44-67-70-63-28-8-7-27-62(63)66-43-61(35-36-64(66)73(70)80-74(67)72(71)75)78(57-23-11-15-47(37-57)45-76)59-25-13-21-53(41-59)55-33-31-49-17-3-5-19-51(49)39-55/h4-16,18-22,24-30,32-41,43-46,49,54,57,67,74,76-77H,3,17,23,31,42H2,1-2H3. The average molecular weight is 1050 g/mol. The summed E-state index contributed by atoms with van der Waals surface area (Å²) in [6.07, 6.45) is 33.9. The second kappa shape index (κ2) is 19.4. The van der Waals surface area contributed by atoms with Crippen LogP contribution in [0, 0.1) is 16.7 Å². The highest BCUT2D eigenvalue weighted by Crippen LogP contribution is 2.65. The monoisotopic (exact) mass is 1050 g/mol. The van der Waals surface area contributed by atoms with Crippen molar-refractivity contribution in [2.45, 2.75) is 79.4 Å². The van der Waals surface area contributed by atoms with E-state index in [2.05, 4.69) is 254 Å². The molecule has 6 aliphatic carbocycles. The average Bonchev–Trinajstić information content (AvgIpc) is 3.29. The Morgan fingerprint density at radius 1 is 0.675 bits per heavy atom. The summed E-state index contributed by atoms with van der Waals surface area (Å²) in [4.78, 5) is 6.47. The van der Waals surface area contributed by atoms with E-state index < -0.39 is 0 Å². The molecule has 5 unspecified atom stereocenters. The number of fused-ring (bicyclic) bond motifs is 13. The number of anilines is 3. The van der Waals surface area contributed by atoms with Crippen LogP contribution >= 0.6 is 11.8 Å². The molecule has 5 atom stereocenters. The lowest BCUT2D eigenvalue weighted by Gasteiger charge is -2.39. The number of thioether (sulfide) groups is 1. The largest absolute Gasteiger partial charge is 0.334 e. The Kier molecular flexibility index (Phi) is 11.8. The van der Waals surface area contributed by atoms with Crippen molar-refractivity contribution in [1.29, 1.82) is 10.8 Å². The molecule has 4 nitrogen and oxygen atoms in total. The topological polar surface area (TPSA) is 54.2 Å². The van der Waals surface area contributed by atoms with Crippen molar-refractivity contribution in [3.63, 3.8) is 0 Å². The fourth-order valence-electron chi connectivity index (χ4n) is 14.6. The lowest BCUT2D eigenvalue weighted by atomic mass is 9.73. The van der Waals surface area contributed by atoms with Gasteiger partial charge in [-0.25, -0.2) is 0 Å². The van der Waals surface area contributed by atoms with Gasteiger partial charge >= 0.3 is 0 Å². The number of rotatable bonds is 10. The summed E-state index contributed by atoms with van der Waals surface area (Å²) in [6.45, 7) is 4.93. The molecule has 0 fully saturated rings. The first kappa shape index (κ1) is 48.6. The Balaban J connectivity index is 0.898. The van der Waals surface area contributed by atoms with Gasteiger partial charge in [0.2, 0.25) is 0 Å². The Morgan fingerprint density at radius 2 is 1.50 bits per heavy atom. The van der Waals surface area contributed by atoms with Gasteiger partial charge in [-0.2, -0.15) is 0 Å². The molecule has 1 heterocycles. The quantitative estimate of drug-likeness (QED) is 0.106. The van der Waals surface area contributed by atoms with Crippen LogP contribution in [0.4, 0.5) is 17.1 Å². The van der Waals surface area contributed by atoms with E-state index >= 15 is 0 Å². The van der Waals surface area contributed by atoms with Crippen molar-refractivity contribution < 1.29 is 0 Å². The fraction of sp³-hybridized carbons (Fsp3) is 0.173. The van der Waals surface area contributed by atoms with E-state index in [1.54, 1.807) is 0 Å². The van der Waals surface area contributed by atoms with Crippen LogP contribution in [-0.2, 0) is 5.41 Å². The van der Waals surface area contributed by atoms with Crippen LogP contribution in [0.15, 0.2) is 258 Å². The molecular formula is C75H62N4S. The van der Waals surface area contributed by atoms with Crippen molar-refractivity contribution in [3.05, 3.63) is 286 Å². The molecule has 7 aliphatic rings. The second-order valence-corrected chi connectivity index (χ2v) is 24.4.